The summed E-state index contributed by atoms with van der Waals surface area (Å²) in [5.74, 6) is 1.01. The molecule has 0 bridgehead atoms. The van der Waals surface area contributed by atoms with Crippen LogP contribution in [-0.2, 0) is 4.18 Å². The lowest BCUT2D eigenvalue weighted by atomic mass is 10.1. The Labute approximate surface area is 147 Å². The first-order valence-corrected chi connectivity index (χ1v) is 10.2. The van der Waals surface area contributed by atoms with Gasteiger partial charge in [-0.05, 0) is 24.0 Å². The number of hydrogen-bond acceptors (Lipinski definition) is 3. The third-order valence-corrected chi connectivity index (χ3v) is 4.93. The van der Waals surface area contributed by atoms with Crippen LogP contribution in [0.4, 0.5) is 0 Å². The molecule has 0 aliphatic carbocycles. The molecule has 0 radical (unpaired) electrons. The van der Waals surface area contributed by atoms with Gasteiger partial charge < -0.3 is 9.29 Å². The fraction of sp³-hybridized carbons (Fsp3) is 0.700. The first kappa shape index (κ1) is 20.5. The van der Waals surface area contributed by atoms with Crippen molar-refractivity contribution in [2.24, 2.45) is 0 Å². The van der Waals surface area contributed by atoms with Gasteiger partial charge in [-0.3, -0.25) is 0 Å². The first-order chi connectivity index (χ1) is 11.4. The standard InChI is InChI=1S/C20H34O2S/c1-2-3-4-5-6-7-8-9-10-14-17-23-22-20(18-21)19-15-12-11-13-16-19/h11-13,15-16,20-21H,2-10,14,17-18H2,1H3. The first-order valence-electron chi connectivity index (χ1n) is 9.32. The molecule has 0 saturated heterocycles. The van der Waals surface area contributed by atoms with Gasteiger partial charge in [-0.2, -0.15) is 0 Å². The molecule has 3 heteroatoms. The van der Waals surface area contributed by atoms with Crippen molar-refractivity contribution in [2.75, 3.05) is 12.4 Å². The fourth-order valence-corrected chi connectivity index (χ4v) is 3.39. The van der Waals surface area contributed by atoms with Crippen molar-refractivity contribution < 1.29 is 9.29 Å². The van der Waals surface area contributed by atoms with Gasteiger partial charge in [-0.15, -0.1) is 0 Å². The van der Waals surface area contributed by atoms with E-state index in [-0.39, 0.29) is 12.7 Å². The summed E-state index contributed by atoms with van der Waals surface area (Å²) < 4.78 is 5.73. The van der Waals surface area contributed by atoms with Crippen LogP contribution in [-0.4, -0.2) is 17.5 Å². The van der Waals surface area contributed by atoms with Gasteiger partial charge in [0.1, 0.15) is 6.10 Å². The van der Waals surface area contributed by atoms with Gasteiger partial charge in [0.15, 0.2) is 0 Å². The van der Waals surface area contributed by atoms with Crippen LogP contribution in [0, 0.1) is 0 Å². The third-order valence-electron chi connectivity index (χ3n) is 4.10. The van der Waals surface area contributed by atoms with Crippen LogP contribution in [0.2, 0.25) is 0 Å². The molecule has 1 N–H and O–H groups in total. The molecule has 1 unspecified atom stereocenters. The van der Waals surface area contributed by atoms with Crippen molar-refractivity contribution in [1.82, 2.24) is 0 Å². The second kappa shape index (κ2) is 15.0. The summed E-state index contributed by atoms with van der Waals surface area (Å²) in [4.78, 5) is 0. The number of unbranched alkanes of at least 4 members (excludes halogenated alkanes) is 9. The second-order valence-corrected chi connectivity index (χ2v) is 7.02. The fourth-order valence-electron chi connectivity index (χ4n) is 2.64. The van der Waals surface area contributed by atoms with Gasteiger partial charge >= 0.3 is 0 Å². The molecule has 1 aromatic carbocycles. The molecule has 132 valence electrons. The van der Waals surface area contributed by atoms with Gasteiger partial charge in [0.05, 0.1) is 6.61 Å². The maximum absolute atomic E-state index is 9.42. The Morgan fingerprint density at radius 2 is 1.43 bits per heavy atom. The van der Waals surface area contributed by atoms with E-state index in [0.29, 0.717) is 0 Å². The lowest BCUT2D eigenvalue weighted by molar-refractivity contribution is 0.137. The maximum Gasteiger partial charge on any atom is 0.120 e. The molecular weight excluding hydrogens is 304 g/mol. The van der Waals surface area contributed by atoms with E-state index < -0.39 is 0 Å². The van der Waals surface area contributed by atoms with Crippen LogP contribution in [0.3, 0.4) is 0 Å². The molecule has 23 heavy (non-hydrogen) atoms. The molecule has 1 atom stereocenters. The lowest BCUT2D eigenvalue weighted by Gasteiger charge is -2.14. The molecule has 0 saturated carbocycles. The van der Waals surface area contributed by atoms with Crippen molar-refractivity contribution in [3.63, 3.8) is 0 Å². The predicted molar refractivity (Wildman–Crippen MR) is 102 cm³/mol. The summed E-state index contributed by atoms with van der Waals surface area (Å²) in [5, 5.41) is 9.42. The van der Waals surface area contributed by atoms with E-state index in [2.05, 4.69) is 6.92 Å². The summed E-state index contributed by atoms with van der Waals surface area (Å²) in [5.41, 5.74) is 1.05. The average Bonchev–Trinajstić information content (AvgIpc) is 2.60. The minimum Gasteiger partial charge on any atom is -0.393 e. The number of benzene rings is 1. The van der Waals surface area contributed by atoms with Crippen LogP contribution in [0.1, 0.15) is 82.8 Å². The molecule has 0 spiro atoms. The molecule has 0 aliphatic heterocycles. The van der Waals surface area contributed by atoms with Crippen LogP contribution in [0.25, 0.3) is 0 Å². The van der Waals surface area contributed by atoms with Gasteiger partial charge in [0.25, 0.3) is 0 Å². The zero-order chi connectivity index (χ0) is 16.6. The Kier molecular flexibility index (Phi) is 13.4. The Morgan fingerprint density at radius 3 is 2.00 bits per heavy atom. The normalized spacial score (nSPS) is 12.4. The summed E-state index contributed by atoms with van der Waals surface area (Å²) >= 11 is 1.50. The van der Waals surface area contributed by atoms with Crippen molar-refractivity contribution in [3.8, 4) is 0 Å². The quantitative estimate of drug-likeness (QED) is 0.300. The molecular formula is C20H34O2S. The summed E-state index contributed by atoms with van der Waals surface area (Å²) in [7, 11) is 0. The van der Waals surface area contributed by atoms with Gasteiger partial charge in [0.2, 0.25) is 0 Å². The van der Waals surface area contributed by atoms with Crippen LogP contribution >= 0.6 is 12.0 Å². The van der Waals surface area contributed by atoms with Crippen molar-refractivity contribution >= 4 is 12.0 Å². The minimum absolute atomic E-state index is 0.0368. The van der Waals surface area contributed by atoms with Crippen LogP contribution in [0.5, 0.6) is 0 Å². The van der Waals surface area contributed by atoms with Crippen LogP contribution < -0.4 is 0 Å². The van der Waals surface area contributed by atoms with Gasteiger partial charge in [0, 0.05) is 5.75 Å². The largest absolute Gasteiger partial charge is 0.393 e. The maximum atomic E-state index is 9.42. The molecule has 0 heterocycles. The molecule has 2 nitrogen and oxygen atoms in total. The monoisotopic (exact) mass is 338 g/mol. The van der Waals surface area contributed by atoms with E-state index in [1.165, 1.54) is 76.3 Å². The highest BCUT2D eigenvalue weighted by atomic mass is 32.2. The number of rotatable bonds is 15. The van der Waals surface area contributed by atoms with Gasteiger partial charge in [-0.25, -0.2) is 0 Å². The van der Waals surface area contributed by atoms with Crippen molar-refractivity contribution in [1.29, 1.82) is 0 Å². The second-order valence-electron chi connectivity index (χ2n) is 6.18. The molecule has 0 amide bonds. The van der Waals surface area contributed by atoms with Crippen LogP contribution in [0.15, 0.2) is 30.3 Å². The van der Waals surface area contributed by atoms with Crippen molar-refractivity contribution in [2.45, 2.75) is 77.2 Å². The molecule has 0 fully saturated rings. The summed E-state index contributed by atoms with van der Waals surface area (Å²) in [6, 6.07) is 9.95. The molecule has 1 aromatic rings. The third kappa shape index (κ3) is 10.8. The van der Waals surface area contributed by atoms with E-state index in [4.69, 9.17) is 4.18 Å². The van der Waals surface area contributed by atoms with E-state index >= 15 is 0 Å². The number of hydrogen-bond donors (Lipinski definition) is 1. The summed E-state index contributed by atoms with van der Waals surface area (Å²) in [6.07, 6.45) is 13.4. The van der Waals surface area contributed by atoms with E-state index in [0.717, 1.165) is 11.3 Å². The van der Waals surface area contributed by atoms with Crippen molar-refractivity contribution in [3.05, 3.63) is 35.9 Å². The Bertz CT molecular complexity index is 356. The molecule has 1 rings (SSSR count). The lowest BCUT2D eigenvalue weighted by Crippen LogP contribution is -2.05. The van der Waals surface area contributed by atoms with E-state index in [1.807, 2.05) is 30.3 Å². The predicted octanol–water partition coefficient (Wildman–Crippen LogP) is 6.31. The SMILES string of the molecule is CCCCCCCCCCCCSOC(CO)c1ccccc1. The van der Waals surface area contributed by atoms with E-state index in [9.17, 15) is 5.11 Å². The Morgan fingerprint density at radius 1 is 0.870 bits per heavy atom. The summed E-state index contributed by atoms with van der Waals surface area (Å²) in [6.45, 7) is 2.30. The Hall–Kier alpha value is -0.510. The zero-order valence-electron chi connectivity index (χ0n) is 14.7. The topological polar surface area (TPSA) is 29.5 Å². The molecule has 0 aliphatic rings. The number of aliphatic hydroxyl groups excluding tert-OH is 1. The zero-order valence-corrected chi connectivity index (χ0v) is 15.5. The highest BCUT2D eigenvalue weighted by Crippen LogP contribution is 2.23. The van der Waals surface area contributed by atoms with E-state index in [1.54, 1.807) is 0 Å². The Balaban J connectivity index is 1.91. The highest BCUT2D eigenvalue weighted by Gasteiger charge is 2.10. The average molecular weight is 339 g/mol. The minimum atomic E-state index is -0.204. The molecule has 0 aromatic heterocycles. The van der Waals surface area contributed by atoms with Gasteiger partial charge in [-0.1, -0.05) is 95.0 Å². The smallest absolute Gasteiger partial charge is 0.120 e. The number of aliphatic hydroxyl groups is 1. The highest BCUT2D eigenvalue weighted by molar-refractivity contribution is 7.94.